The molecule has 0 radical (unpaired) electrons. The van der Waals surface area contributed by atoms with Gasteiger partial charge in [-0.3, -0.25) is 9.36 Å². The number of amides is 1. The van der Waals surface area contributed by atoms with E-state index in [-0.39, 0.29) is 11.2 Å². The van der Waals surface area contributed by atoms with Gasteiger partial charge in [-0.2, -0.15) is 0 Å². The van der Waals surface area contributed by atoms with Crippen molar-refractivity contribution in [3.63, 3.8) is 0 Å². The van der Waals surface area contributed by atoms with Crippen LogP contribution in [0.25, 0.3) is 17.1 Å². The van der Waals surface area contributed by atoms with Gasteiger partial charge in [-0.15, -0.1) is 10.2 Å². The molecule has 158 valence electrons. The van der Waals surface area contributed by atoms with Gasteiger partial charge in [0.15, 0.2) is 11.0 Å². The molecule has 7 heteroatoms. The SMILES string of the molecule is CCc1ccc(NC(=O)C(C)Sc2nnc(-c3ccoc3C)n2-c2ccccc2)cc1. The highest BCUT2D eigenvalue weighted by Crippen LogP contribution is 2.32. The van der Waals surface area contributed by atoms with Gasteiger partial charge in [-0.1, -0.05) is 49.0 Å². The number of thioether (sulfide) groups is 1. The van der Waals surface area contributed by atoms with E-state index in [1.807, 2.05) is 79.1 Å². The second-order valence-corrected chi connectivity index (χ2v) is 8.48. The summed E-state index contributed by atoms with van der Waals surface area (Å²) in [6.07, 6.45) is 2.61. The van der Waals surface area contributed by atoms with Gasteiger partial charge in [0, 0.05) is 11.4 Å². The quantitative estimate of drug-likeness (QED) is 0.389. The summed E-state index contributed by atoms with van der Waals surface area (Å²) in [5.41, 5.74) is 3.82. The number of hydrogen-bond acceptors (Lipinski definition) is 5. The number of anilines is 1. The maximum atomic E-state index is 12.8. The van der Waals surface area contributed by atoms with Crippen LogP contribution in [-0.2, 0) is 11.2 Å². The van der Waals surface area contributed by atoms with Crippen LogP contribution < -0.4 is 5.32 Å². The minimum Gasteiger partial charge on any atom is -0.469 e. The molecule has 0 aliphatic heterocycles. The number of hydrogen-bond donors (Lipinski definition) is 1. The normalized spacial score (nSPS) is 12.0. The molecule has 1 unspecified atom stereocenters. The largest absolute Gasteiger partial charge is 0.469 e. The number of benzene rings is 2. The molecule has 0 saturated heterocycles. The summed E-state index contributed by atoms with van der Waals surface area (Å²) in [6.45, 7) is 5.87. The summed E-state index contributed by atoms with van der Waals surface area (Å²) < 4.78 is 7.43. The van der Waals surface area contributed by atoms with Crippen molar-refractivity contribution in [2.24, 2.45) is 0 Å². The molecule has 0 aliphatic carbocycles. The zero-order valence-electron chi connectivity index (χ0n) is 17.7. The van der Waals surface area contributed by atoms with Crippen LogP contribution in [0.4, 0.5) is 5.69 Å². The average Bonchev–Trinajstić information content (AvgIpc) is 3.40. The molecule has 0 spiro atoms. The summed E-state index contributed by atoms with van der Waals surface area (Å²) in [5, 5.41) is 12.1. The monoisotopic (exact) mass is 432 g/mol. The smallest absolute Gasteiger partial charge is 0.237 e. The van der Waals surface area contributed by atoms with Gasteiger partial charge in [-0.25, -0.2) is 0 Å². The van der Waals surface area contributed by atoms with Crippen LogP contribution in [0.5, 0.6) is 0 Å². The van der Waals surface area contributed by atoms with Crippen molar-refractivity contribution in [2.75, 3.05) is 5.32 Å². The molecule has 0 saturated carbocycles. The third-order valence-electron chi connectivity index (χ3n) is 5.03. The van der Waals surface area contributed by atoms with E-state index < -0.39 is 0 Å². The van der Waals surface area contributed by atoms with Gasteiger partial charge in [0.1, 0.15) is 5.76 Å². The van der Waals surface area contributed by atoms with Crippen molar-refractivity contribution in [1.29, 1.82) is 0 Å². The molecule has 2 aromatic carbocycles. The summed E-state index contributed by atoms with van der Waals surface area (Å²) >= 11 is 1.37. The van der Waals surface area contributed by atoms with E-state index in [0.29, 0.717) is 11.0 Å². The van der Waals surface area contributed by atoms with E-state index in [4.69, 9.17) is 4.42 Å². The lowest BCUT2D eigenvalue weighted by molar-refractivity contribution is -0.115. The van der Waals surface area contributed by atoms with Crippen molar-refractivity contribution in [1.82, 2.24) is 14.8 Å². The molecular formula is C24H24N4O2S. The fourth-order valence-corrected chi connectivity index (χ4v) is 4.09. The number of carbonyl (C=O) groups is 1. The van der Waals surface area contributed by atoms with Gasteiger partial charge in [0.05, 0.1) is 17.1 Å². The maximum absolute atomic E-state index is 12.8. The van der Waals surface area contributed by atoms with Crippen LogP contribution in [0.1, 0.15) is 25.2 Å². The van der Waals surface area contributed by atoms with Crippen LogP contribution in [0, 0.1) is 6.92 Å². The van der Waals surface area contributed by atoms with E-state index in [9.17, 15) is 4.79 Å². The molecule has 4 aromatic rings. The number of aryl methyl sites for hydroxylation is 2. The fourth-order valence-electron chi connectivity index (χ4n) is 3.23. The van der Waals surface area contributed by atoms with Gasteiger partial charge in [0.2, 0.25) is 5.91 Å². The molecule has 0 aliphatic rings. The summed E-state index contributed by atoms with van der Waals surface area (Å²) in [7, 11) is 0. The van der Waals surface area contributed by atoms with Crippen molar-refractivity contribution >= 4 is 23.4 Å². The molecule has 31 heavy (non-hydrogen) atoms. The Morgan fingerprint density at radius 1 is 1.10 bits per heavy atom. The van der Waals surface area contributed by atoms with Crippen molar-refractivity contribution in [3.8, 4) is 17.1 Å². The van der Waals surface area contributed by atoms with Crippen molar-refractivity contribution in [3.05, 3.63) is 78.3 Å². The Balaban J connectivity index is 1.59. The van der Waals surface area contributed by atoms with Gasteiger partial charge in [-0.05, 0) is 56.2 Å². The number of aromatic nitrogens is 3. The zero-order valence-corrected chi connectivity index (χ0v) is 18.5. The number of rotatable bonds is 7. The molecule has 1 amide bonds. The van der Waals surface area contributed by atoms with Crippen LogP contribution in [0.3, 0.4) is 0 Å². The summed E-state index contributed by atoms with van der Waals surface area (Å²) in [5.74, 6) is 1.36. The number of furan rings is 1. The number of para-hydroxylation sites is 1. The molecule has 1 N–H and O–H groups in total. The number of nitrogens with zero attached hydrogens (tertiary/aromatic N) is 3. The number of carbonyl (C=O) groups excluding carboxylic acids is 1. The molecule has 2 aromatic heterocycles. The highest BCUT2D eigenvalue weighted by molar-refractivity contribution is 8.00. The molecule has 2 heterocycles. The molecule has 4 rings (SSSR count). The highest BCUT2D eigenvalue weighted by atomic mass is 32.2. The molecule has 0 fully saturated rings. The Hall–Kier alpha value is -3.32. The van der Waals surface area contributed by atoms with E-state index in [0.717, 1.165) is 29.1 Å². The molecule has 1 atom stereocenters. The molecule has 6 nitrogen and oxygen atoms in total. The second-order valence-electron chi connectivity index (χ2n) is 7.17. The van der Waals surface area contributed by atoms with E-state index in [1.54, 1.807) is 6.26 Å². The predicted molar refractivity (Wildman–Crippen MR) is 124 cm³/mol. The van der Waals surface area contributed by atoms with E-state index in [2.05, 4.69) is 22.4 Å². The minimum atomic E-state index is -0.365. The minimum absolute atomic E-state index is 0.0853. The van der Waals surface area contributed by atoms with E-state index >= 15 is 0 Å². The fraction of sp³-hybridized carbons (Fsp3) is 0.208. The van der Waals surface area contributed by atoms with Gasteiger partial charge >= 0.3 is 0 Å². The topological polar surface area (TPSA) is 73.0 Å². The lowest BCUT2D eigenvalue weighted by Crippen LogP contribution is -2.22. The Bertz CT molecular complexity index is 1170. The second kappa shape index (κ2) is 9.22. The first-order chi connectivity index (χ1) is 15.1. The van der Waals surface area contributed by atoms with Crippen LogP contribution in [0.15, 0.2) is 76.5 Å². The van der Waals surface area contributed by atoms with Crippen LogP contribution in [-0.4, -0.2) is 25.9 Å². The maximum Gasteiger partial charge on any atom is 0.237 e. The summed E-state index contributed by atoms with van der Waals surface area (Å²) in [4.78, 5) is 12.8. The predicted octanol–water partition coefficient (Wildman–Crippen LogP) is 5.52. The first-order valence-corrected chi connectivity index (χ1v) is 11.1. The van der Waals surface area contributed by atoms with Gasteiger partial charge in [0.25, 0.3) is 0 Å². The van der Waals surface area contributed by atoms with E-state index in [1.165, 1.54) is 17.3 Å². The van der Waals surface area contributed by atoms with Crippen LogP contribution in [0.2, 0.25) is 0 Å². The van der Waals surface area contributed by atoms with Crippen molar-refractivity contribution in [2.45, 2.75) is 37.6 Å². The lowest BCUT2D eigenvalue weighted by Gasteiger charge is -2.14. The highest BCUT2D eigenvalue weighted by Gasteiger charge is 2.23. The average molecular weight is 433 g/mol. The number of nitrogens with one attached hydrogen (secondary N) is 1. The Labute approximate surface area is 185 Å². The zero-order chi connectivity index (χ0) is 21.8. The lowest BCUT2D eigenvalue weighted by atomic mass is 10.1. The van der Waals surface area contributed by atoms with Gasteiger partial charge < -0.3 is 9.73 Å². The molecule has 0 bridgehead atoms. The van der Waals surface area contributed by atoms with Crippen molar-refractivity contribution < 1.29 is 9.21 Å². The Morgan fingerprint density at radius 2 is 1.84 bits per heavy atom. The molecular weight excluding hydrogens is 408 g/mol. The standard InChI is InChI=1S/C24H24N4O2S/c1-4-18-10-12-19(13-11-18)25-23(29)17(3)31-24-27-26-22(21-14-15-30-16(21)2)28(24)20-8-6-5-7-9-20/h5-15,17H,4H2,1-3H3,(H,25,29). The third-order valence-corrected chi connectivity index (χ3v) is 6.07. The Morgan fingerprint density at radius 3 is 2.48 bits per heavy atom. The summed E-state index contributed by atoms with van der Waals surface area (Å²) in [6, 6.07) is 19.7. The first kappa shape index (κ1) is 20.9. The van der Waals surface area contributed by atoms with Crippen LogP contribution >= 0.6 is 11.8 Å². The first-order valence-electron chi connectivity index (χ1n) is 10.2. The Kier molecular flexibility index (Phi) is 6.23. The third kappa shape index (κ3) is 4.56.